The zero-order valence-electron chi connectivity index (χ0n) is 17.2. The van der Waals surface area contributed by atoms with Crippen LogP contribution in [0, 0.1) is 0 Å². The van der Waals surface area contributed by atoms with E-state index < -0.39 is 5.54 Å². The van der Waals surface area contributed by atoms with Gasteiger partial charge >= 0.3 is 6.03 Å². The molecule has 1 atom stereocenters. The van der Waals surface area contributed by atoms with E-state index in [4.69, 9.17) is 0 Å². The number of benzene rings is 2. The second-order valence-electron chi connectivity index (χ2n) is 8.16. The van der Waals surface area contributed by atoms with Crippen molar-refractivity contribution in [2.45, 2.75) is 44.8 Å². The topological polar surface area (TPSA) is 64.1 Å². The minimum absolute atomic E-state index is 0.0708. The monoisotopic (exact) mass is 395 g/mol. The molecular weight excluding hydrogens is 366 g/mol. The third-order valence-electron chi connectivity index (χ3n) is 6.66. The van der Waals surface area contributed by atoms with Gasteiger partial charge in [-0.15, -0.1) is 0 Å². The van der Waals surface area contributed by atoms with Gasteiger partial charge in [0.1, 0.15) is 5.54 Å². The Hall–Kier alpha value is -2.44. The maximum atomic E-state index is 13.5. The number of likely N-dealkylation sites (tertiary alicyclic amines) is 1. The summed E-state index contributed by atoms with van der Waals surface area (Å²) in [6.07, 6.45) is 1.23. The fraction of sp³-hybridized carbons (Fsp3) is 0.478. The SMILES string of the molecule is CCN1C(=O)N(Cc2cccc3ccccc23)C(=O)C12CCN([C@H](C)CO)CC2. The number of carbonyl (C=O) groups excluding carboxylic acids is 2. The van der Waals surface area contributed by atoms with Crippen LogP contribution in [0.4, 0.5) is 4.79 Å². The van der Waals surface area contributed by atoms with Crippen molar-refractivity contribution in [2.75, 3.05) is 26.2 Å². The van der Waals surface area contributed by atoms with E-state index in [0.29, 0.717) is 39.0 Å². The first-order chi connectivity index (χ1) is 14.0. The molecule has 0 aliphatic carbocycles. The summed E-state index contributed by atoms with van der Waals surface area (Å²) in [5.74, 6) is -0.0754. The molecule has 0 radical (unpaired) electrons. The number of fused-ring (bicyclic) bond motifs is 1. The van der Waals surface area contributed by atoms with Crippen LogP contribution in [0.1, 0.15) is 32.3 Å². The van der Waals surface area contributed by atoms with Crippen LogP contribution < -0.4 is 0 Å². The van der Waals surface area contributed by atoms with Gasteiger partial charge in [-0.3, -0.25) is 14.6 Å². The number of piperidine rings is 1. The molecule has 0 unspecified atom stereocenters. The molecule has 2 aliphatic rings. The summed E-state index contributed by atoms with van der Waals surface area (Å²) < 4.78 is 0. The van der Waals surface area contributed by atoms with Crippen LogP contribution in [-0.4, -0.2) is 69.6 Å². The molecule has 0 saturated carbocycles. The maximum Gasteiger partial charge on any atom is 0.327 e. The molecule has 0 bridgehead atoms. The number of urea groups is 1. The smallest absolute Gasteiger partial charge is 0.327 e. The van der Waals surface area contributed by atoms with Crippen LogP contribution in [0.2, 0.25) is 0 Å². The molecule has 6 nitrogen and oxygen atoms in total. The molecule has 29 heavy (non-hydrogen) atoms. The lowest BCUT2D eigenvalue weighted by Gasteiger charge is -2.43. The molecule has 2 aromatic carbocycles. The molecule has 4 rings (SSSR count). The molecule has 2 aliphatic heterocycles. The summed E-state index contributed by atoms with van der Waals surface area (Å²) in [5, 5.41) is 11.6. The van der Waals surface area contributed by atoms with Crippen molar-refractivity contribution in [2.24, 2.45) is 0 Å². The lowest BCUT2D eigenvalue weighted by Crippen LogP contribution is -2.58. The minimum atomic E-state index is -0.748. The molecule has 6 heteroatoms. The highest BCUT2D eigenvalue weighted by molar-refractivity contribution is 6.07. The van der Waals surface area contributed by atoms with Crippen LogP contribution in [0.3, 0.4) is 0 Å². The Morgan fingerprint density at radius 3 is 2.45 bits per heavy atom. The predicted octanol–water partition coefficient (Wildman–Crippen LogP) is 2.84. The molecule has 3 amide bonds. The standard InChI is InChI=1S/C23H29N3O3/c1-3-26-22(29)25(15-19-9-6-8-18-7-4-5-10-20(18)19)21(28)23(26)11-13-24(14-12-23)17(2)16-27/h4-10,17,27H,3,11-16H2,1-2H3/t17-/m1/s1. The Balaban J connectivity index is 1.61. The number of aliphatic hydroxyl groups is 1. The Morgan fingerprint density at radius 2 is 1.76 bits per heavy atom. The Labute approximate surface area is 171 Å². The van der Waals surface area contributed by atoms with Crippen molar-refractivity contribution < 1.29 is 14.7 Å². The number of likely N-dealkylation sites (N-methyl/N-ethyl adjacent to an activating group) is 1. The molecule has 2 saturated heterocycles. The van der Waals surface area contributed by atoms with Gasteiger partial charge in [-0.05, 0) is 43.0 Å². The van der Waals surface area contributed by atoms with Gasteiger partial charge in [-0.1, -0.05) is 42.5 Å². The molecule has 2 aromatic rings. The predicted molar refractivity (Wildman–Crippen MR) is 112 cm³/mol. The summed E-state index contributed by atoms with van der Waals surface area (Å²) >= 11 is 0. The number of amides is 3. The van der Waals surface area contributed by atoms with Gasteiger partial charge in [0.25, 0.3) is 5.91 Å². The number of hydrogen-bond acceptors (Lipinski definition) is 4. The first-order valence-corrected chi connectivity index (χ1v) is 10.5. The first kappa shape index (κ1) is 19.9. The molecule has 0 aromatic heterocycles. The third kappa shape index (κ3) is 3.20. The normalized spacial score (nSPS) is 20.8. The van der Waals surface area contributed by atoms with Crippen LogP contribution in [0.25, 0.3) is 10.8 Å². The minimum Gasteiger partial charge on any atom is -0.395 e. The zero-order valence-corrected chi connectivity index (χ0v) is 17.2. The summed E-state index contributed by atoms with van der Waals surface area (Å²) in [6.45, 7) is 6.27. The van der Waals surface area contributed by atoms with Gasteiger partial charge in [0.15, 0.2) is 0 Å². The van der Waals surface area contributed by atoms with Crippen molar-refractivity contribution >= 4 is 22.7 Å². The Kier molecular flexibility index (Phi) is 5.32. The Morgan fingerprint density at radius 1 is 1.07 bits per heavy atom. The quantitative estimate of drug-likeness (QED) is 0.791. The fourth-order valence-electron chi connectivity index (χ4n) is 4.89. The van der Waals surface area contributed by atoms with Crippen LogP contribution >= 0.6 is 0 Å². The fourth-order valence-corrected chi connectivity index (χ4v) is 4.89. The zero-order chi connectivity index (χ0) is 20.6. The van der Waals surface area contributed by atoms with Gasteiger partial charge < -0.3 is 10.0 Å². The second-order valence-corrected chi connectivity index (χ2v) is 8.16. The number of nitrogens with zero attached hydrogens (tertiary/aromatic N) is 3. The number of imide groups is 1. The summed E-state index contributed by atoms with van der Waals surface area (Å²) in [4.78, 5) is 32.2. The summed E-state index contributed by atoms with van der Waals surface area (Å²) in [7, 11) is 0. The van der Waals surface area contributed by atoms with E-state index in [-0.39, 0.29) is 24.6 Å². The average Bonchev–Trinajstić information content (AvgIpc) is 2.94. The van der Waals surface area contributed by atoms with E-state index in [2.05, 4.69) is 4.90 Å². The average molecular weight is 396 g/mol. The van der Waals surface area contributed by atoms with E-state index in [1.165, 1.54) is 4.90 Å². The lowest BCUT2D eigenvalue weighted by atomic mass is 9.85. The van der Waals surface area contributed by atoms with E-state index in [1.54, 1.807) is 4.90 Å². The molecule has 1 spiro atoms. The number of rotatable bonds is 5. The van der Waals surface area contributed by atoms with Crippen LogP contribution in [0.15, 0.2) is 42.5 Å². The highest BCUT2D eigenvalue weighted by Crippen LogP contribution is 2.38. The van der Waals surface area contributed by atoms with Crippen LogP contribution in [-0.2, 0) is 11.3 Å². The van der Waals surface area contributed by atoms with Crippen molar-refractivity contribution in [3.8, 4) is 0 Å². The van der Waals surface area contributed by atoms with Gasteiger partial charge in [-0.25, -0.2) is 4.79 Å². The number of aliphatic hydroxyl groups excluding tert-OH is 1. The van der Waals surface area contributed by atoms with Crippen molar-refractivity contribution in [1.29, 1.82) is 0 Å². The molecule has 1 N–H and O–H groups in total. The van der Waals surface area contributed by atoms with Crippen LogP contribution in [0.5, 0.6) is 0 Å². The molecule has 2 heterocycles. The van der Waals surface area contributed by atoms with E-state index >= 15 is 0 Å². The van der Waals surface area contributed by atoms with Crippen molar-refractivity contribution in [1.82, 2.24) is 14.7 Å². The van der Waals surface area contributed by atoms with E-state index in [0.717, 1.165) is 16.3 Å². The summed E-state index contributed by atoms with van der Waals surface area (Å²) in [5.41, 5.74) is 0.242. The second kappa shape index (κ2) is 7.76. The highest BCUT2D eigenvalue weighted by Gasteiger charge is 2.57. The van der Waals surface area contributed by atoms with E-state index in [9.17, 15) is 14.7 Å². The third-order valence-corrected chi connectivity index (χ3v) is 6.66. The van der Waals surface area contributed by atoms with Crippen molar-refractivity contribution in [3.05, 3.63) is 48.0 Å². The summed E-state index contributed by atoms with van der Waals surface area (Å²) in [6, 6.07) is 14.0. The van der Waals surface area contributed by atoms with Crippen molar-refractivity contribution in [3.63, 3.8) is 0 Å². The highest BCUT2D eigenvalue weighted by atomic mass is 16.3. The molecule has 2 fully saturated rings. The van der Waals surface area contributed by atoms with Gasteiger partial charge in [-0.2, -0.15) is 0 Å². The molecule has 154 valence electrons. The first-order valence-electron chi connectivity index (χ1n) is 10.5. The number of carbonyl (C=O) groups is 2. The molecular formula is C23H29N3O3. The van der Waals surface area contributed by atoms with Gasteiger partial charge in [0, 0.05) is 25.7 Å². The lowest BCUT2D eigenvalue weighted by molar-refractivity contribution is -0.136. The maximum absolute atomic E-state index is 13.5. The number of hydrogen-bond donors (Lipinski definition) is 1. The van der Waals surface area contributed by atoms with Gasteiger partial charge in [0.2, 0.25) is 0 Å². The largest absolute Gasteiger partial charge is 0.395 e. The van der Waals surface area contributed by atoms with E-state index in [1.807, 2.05) is 56.3 Å². The van der Waals surface area contributed by atoms with Gasteiger partial charge in [0.05, 0.1) is 13.2 Å². The Bertz CT molecular complexity index is 915.